The molecule has 0 aliphatic carbocycles. The predicted octanol–water partition coefficient (Wildman–Crippen LogP) is 2.05. The number of carbonyl (C=O) groups is 1. The zero-order valence-corrected chi connectivity index (χ0v) is 12.5. The zero-order chi connectivity index (χ0) is 14.8. The molecule has 19 heavy (non-hydrogen) atoms. The number of hydrogen-bond donors (Lipinski definition) is 1. The fraction of sp³-hybridized carbons (Fsp3) is 0.769. The largest absolute Gasteiger partial charge is 0.480 e. The summed E-state index contributed by atoms with van der Waals surface area (Å²) in [7, 11) is 0. The standard InChI is InChI=1S/C13H23N3O3/c1-12(2,3)11-14-9(19-15-11)7-16(8-10(17)18)13(4,5)6/h7-8H2,1-6H3,(H,17,18). The van der Waals surface area contributed by atoms with Crippen LogP contribution in [0.15, 0.2) is 4.52 Å². The number of rotatable bonds is 4. The zero-order valence-electron chi connectivity index (χ0n) is 12.5. The molecule has 1 heterocycles. The van der Waals surface area contributed by atoms with Crippen LogP contribution in [0, 0.1) is 0 Å². The molecule has 6 heteroatoms. The molecule has 108 valence electrons. The molecule has 0 amide bonds. The summed E-state index contributed by atoms with van der Waals surface area (Å²) in [5.41, 5.74) is -0.462. The Kier molecular flexibility index (Phi) is 4.35. The molecule has 0 saturated carbocycles. The lowest BCUT2D eigenvalue weighted by molar-refractivity contribution is -0.140. The van der Waals surface area contributed by atoms with Crippen molar-refractivity contribution in [1.29, 1.82) is 0 Å². The van der Waals surface area contributed by atoms with Crippen molar-refractivity contribution in [3.8, 4) is 0 Å². The van der Waals surface area contributed by atoms with E-state index in [1.165, 1.54) is 0 Å². The fourth-order valence-corrected chi connectivity index (χ4v) is 1.48. The summed E-state index contributed by atoms with van der Waals surface area (Å²) in [5.74, 6) is 0.207. The highest BCUT2D eigenvalue weighted by molar-refractivity contribution is 5.69. The molecule has 0 atom stereocenters. The summed E-state index contributed by atoms with van der Waals surface area (Å²) in [6.45, 7) is 12.1. The van der Waals surface area contributed by atoms with E-state index in [2.05, 4.69) is 10.1 Å². The van der Waals surface area contributed by atoms with Crippen molar-refractivity contribution in [3.63, 3.8) is 0 Å². The Morgan fingerprint density at radius 2 is 1.84 bits per heavy atom. The molecule has 0 aliphatic rings. The minimum absolute atomic E-state index is 0.0588. The number of aromatic nitrogens is 2. The van der Waals surface area contributed by atoms with Crippen molar-refractivity contribution in [2.75, 3.05) is 6.54 Å². The summed E-state index contributed by atoms with van der Waals surface area (Å²) in [4.78, 5) is 17.0. The van der Waals surface area contributed by atoms with Crippen LogP contribution in [-0.4, -0.2) is 38.2 Å². The van der Waals surface area contributed by atoms with Gasteiger partial charge < -0.3 is 9.63 Å². The maximum absolute atomic E-state index is 10.9. The van der Waals surface area contributed by atoms with Gasteiger partial charge in [0.2, 0.25) is 5.89 Å². The molecule has 1 aromatic heterocycles. The van der Waals surface area contributed by atoms with Crippen LogP contribution in [0.3, 0.4) is 0 Å². The minimum atomic E-state index is -0.870. The van der Waals surface area contributed by atoms with Crippen molar-refractivity contribution >= 4 is 5.97 Å². The monoisotopic (exact) mass is 269 g/mol. The molecule has 0 radical (unpaired) electrons. The van der Waals surface area contributed by atoms with Gasteiger partial charge in [-0.25, -0.2) is 0 Å². The Morgan fingerprint density at radius 3 is 2.21 bits per heavy atom. The average Bonchev–Trinajstić information content (AvgIpc) is 2.62. The van der Waals surface area contributed by atoms with E-state index in [0.29, 0.717) is 18.3 Å². The maximum Gasteiger partial charge on any atom is 0.317 e. The first-order valence-electron chi connectivity index (χ1n) is 6.30. The van der Waals surface area contributed by atoms with E-state index in [1.807, 2.05) is 41.5 Å². The van der Waals surface area contributed by atoms with Crippen molar-refractivity contribution in [2.24, 2.45) is 0 Å². The van der Waals surface area contributed by atoms with Crippen LogP contribution < -0.4 is 0 Å². The average molecular weight is 269 g/mol. The normalized spacial score (nSPS) is 13.0. The number of aliphatic carboxylic acids is 1. The lowest BCUT2D eigenvalue weighted by atomic mass is 9.96. The first kappa shape index (κ1) is 15.6. The highest BCUT2D eigenvalue weighted by Crippen LogP contribution is 2.21. The van der Waals surface area contributed by atoms with Gasteiger partial charge in [-0.05, 0) is 20.8 Å². The topological polar surface area (TPSA) is 79.5 Å². The lowest BCUT2D eigenvalue weighted by Crippen LogP contribution is -2.43. The second-order valence-electron chi connectivity index (χ2n) is 6.68. The fourth-order valence-electron chi connectivity index (χ4n) is 1.48. The number of carboxylic acid groups (broad SMARTS) is 1. The quantitative estimate of drug-likeness (QED) is 0.901. The number of carboxylic acids is 1. The third kappa shape index (κ3) is 4.63. The van der Waals surface area contributed by atoms with Crippen LogP contribution in [0.2, 0.25) is 0 Å². The Labute approximate surface area is 113 Å². The smallest absolute Gasteiger partial charge is 0.317 e. The summed E-state index contributed by atoms with van der Waals surface area (Å²) in [6, 6.07) is 0. The third-order valence-electron chi connectivity index (χ3n) is 2.74. The van der Waals surface area contributed by atoms with Crippen molar-refractivity contribution in [2.45, 2.75) is 59.0 Å². The maximum atomic E-state index is 10.9. The van der Waals surface area contributed by atoms with E-state index in [4.69, 9.17) is 9.63 Å². The van der Waals surface area contributed by atoms with Crippen LogP contribution in [0.25, 0.3) is 0 Å². The van der Waals surface area contributed by atoms with Crippen molar-refractivity contribution in [3.05, 3.63) is 11.7 Å². The summed E-state index contributed by atoms with van der Waals surface area (Å²) in [5, 5.41) is 12.9. The molecule has 1 rings (SSSR count). The Balaban J connectivity index is 2.85. The highest BCUT2D eigenvalue weighted by Gasteiger charge is 2.27. The van der Waals surface area contributed by atoms with Gasteiger partial charge in [-0.2, -0.15) is 4.98 Å². The summed E-state index contributed by atoms with van der Waals surface area (Å²) >= 11 is 0. The van der Waals surface area contributed by atoms with Crippen LogP contribution in [0.4, 0.5) is 0 Å². The van der Waals surface area contributed by atoms with Gasteiger partial charge >= 0.3 is 5.97 Å². The van der Waals surface area contributed by atoms with E-state index in [-0.39, 0.29) is 17.5 Å². The molecular weight excluding hydrogens is 246 g/mol. The van der Waals surface area contributed by atoms with Gasteiger partial charge in [-0.15, -0.1) is 0 Å². The second kappa shape index (κ2) is 5.28. The highest BCUT2D eigenvalue weighted by atomic mass is 16.5. The van der Waals surface area contributed by atoms with Crippen molar-refractivity contribution in [1.82, 2.24) is 15.0 Å². The molecule has 0 aliphatic heterocycles. The molecule has 0 aromatic carbocycles. The summed E-state index contributed by atoms with van der Waals surface area (Å²) < 4.78 is 5.20. The van der Waals surface area contributed by atoms with Gasteiger partial charge in [0.15, 0.2) is 5.82 Å². The van der Waals surface area contributed by atoms with Crippen LogP contribution >= 0.6 is 0 Å². The van der Waals surface area contributed by atoms with E-state index in [0.717, 1.165) is 0 Å². The van der Waals surface area contributed by atoms with Gasteiger partial charge in [-0.3, -0.25) is 9.69 Å². The number of hydrogen-bond acceptors (Lipinski definition) is 5. The lowest BCUT2D eigenvalue weighted by Gasteiger charge is -2.32. The van der Waals surface area contributed by atoms with Crippen LogP contribution in [0.1, 0.15) is 53.3 Å². The third-order valence-corrected chi connectivity index (χ3v) is 2.74. The van der Waals surface area contributed by atoms with E-state index >= 15 is 0 Å². The molecule has 0 saturated heterocycles. The molecule has 0 spiro atoms. The summed E-state index contributed by atoms with van der Waals surface area (Å²) in [6.07, 6.45) is 0. The van der Waals surface area contributed by atoms with Gasteiger partial charge in [0.25, 0.3) is 0 Å². The predicted molar refractivity (Wildman–Crippen MR) is 70.8 cm³/mol. The molecule has 0 bridgehead atoms. The SMILES string of the molecule is CC(C)(C)c1noc(CN(CC(=O)O)C(C)(C)C)n1. The Morgan fingerprint density at radius 1 is 1.26 bits per heavy atom. The van der Waals surface area contributed by atoms with E-state index in [9.17, 15) is 4.79 Å². The van der Waals surface area contributed by atoms with Crippen LogP contribution in [0.5, 0.6) is 0 Å². The molecule has 0 unspecified atom stereocenters. The van der Waals surface area contributed by atoms with Gasteiger partial charge in [0.05, 0.1) is 13.1 Å². The van der Waals surface area contributed by atoms with Gasteiger partial charge in [0.1, 0.15) is 0 Å². The minimum Gasteiger partial charge on any atom is -0.480 e. The molecule has 1 N–H and O–H groups in total. The Bertz CT molecular complexity index is 441. The van der Waals surface area contributed by atoms with Gasteiger partial charge in [0, 0.05) is 11.0 Å². The first-order chi connectivity index (χ1) is 8.50. The first-order valence-corrected chi connectivity index (χ1v) is 6.30. The number of nitrogens with zero attached hydrogens (tertiary/aromatic N) is 3. The van der Waals surface area contributed by atoms with E-state index < -0.39 is 5.97 Å². The van der Waals surface area contributed by atoms with Gasteiger partial charge in [-0.1, -0.05) is 25.9 Å². The second-order valence-corrected chi connectivity index (χ2v) is 6.68. The van der Waals surface area contributed by atoms with E-state index in [1.54, 1.807) is 4.90 Å². The molecular formula is C13H23N3O3. The molecule has 0 fully saturated rings. The van der Waals surface area contributed by atoms with Crippen molar-refractivity contribution < 1.29 is 14.4 Å². The molecule has 1 aromatic rings. The Hall–Kier alpha value is -1.43. The molecule has 6 nitrogen and oxygen atoms in total. The van der Waals surface area contributed by atoms with Crippen LogP contribution in [-0.2, 0) is 16.8 Å².